The smallest absolute Gasteiger partial charge is 0.305 e. The molecule has 0 aliphatic rings. The number of hydrogen-bond acceptors (Lipinski definition) is 3. The zero-order valence-corrected chi connectivity index (χ0v) is 9.77. The van der Waals surface area contributed by atoms with Crippen LogP contribution >= 0.6 is 11.8 Å². The van der Waals surface area contributed by atoms with Crippen LogP contribution in [0.5, 0.6) is 0 Å². The molecule has 3 nitrogen and oxygen atoms in total. The third kappa shape index (κ3) is 7.15. The van der Waals surface area contributed by atoms with Gasteiger partial charge in [-0.2, -0.15) is 0 Å². The van der Waals surface area contributed by atoms with Crippen LogP contribution < -0.4 is 4.84 Å². The number of carbonyl (C=O) groups is 1. The molecule has 0 radical (unpaired) electrons. The van der Waals surface area contributed by atoms with Gasteiger partial charge in [0.1, 0.15) is 0 Å². The lowest BCUT2D eigenvalue weighted by Crippen LogP contribution is -2.11. The van der Waals surface area contributed by atoms with Gasteiger partial charge in [-0.15, -0.1) is 0 Å². The fraction of sp³-hybridized carbons (Fsp3) is 0.900. The molecule has 0 heterocycles. The van der Waals surface area contributed by atoms with Gasteiger partial charge in [-0.05, 0) is 30.5 Å². The van der Waals surface area contributed by atoms with Crippen LogP contribution in [0.2, 0.25) is 0 Å². The molecule has 1 atom stereocenters. The summed E-state index contributed by atoms with van der Waals surface area (Å²) < 4.78 is 4.60. The molecule has 0 aromatic carbocycles. The van der Waals surface area contributed by atoms with Crippen molar-refractivity contribution >= 4 is 17.7 Å². The van der Waals surface area contributed by atoms with Gasteiger partial charge >= 0.3 is 5.97 Å². The van der Waals surface area contributed by atoms with Crippen LogP contribution in [0.25, 0.3) is 0 Å². The van der Waals surface area contributed by atoms with E-state index in [1.165, 1.54) is 7.11 Å². The van der Waals surface area contributed by atoms with E-state index in [0.29, 0.717) is 12.3 Å². The molecule has 0 aromatic heterocycles. The lowest BCUT2D eigenvalue weighted by molar-refractivity contribution is -0.140. The molecule has 0 fully saturated rings. The molecule has 84 valence electrons. The first kappa shape index (κ1) is 13.7. The molecular weight excluding hydrogens is 202 g/mol. The van der Waals surface area contributed by atoms with E-state index in [-0.39, 0.29) is 5.97 Å². The van der Waals surface area contributed by atoms with E-state index >= 15 is 0 Å². The lowest BCUT2D eigenvalue weighted by Gasteiger charge is -2.14. The Morgan fingerprint density at radius 3 is 2.64 bits per heavy atom. The Bertz CT molecular complexity index is 153. The van der Waals surface area contributed by atoms with E-state index in [1.54, 1.807) is 0 Å². The van der Waals surface area contributed by atoms with Gasteiger partial charge in [0.25, 0.3) is 0 Å². The van der Waals surface area contributed by atoms with Gasteiger partial charge in [-0.3, -0.25) is 4.79 Å². The van der Waals surface area contributed by atoms with Crippen molar-refractivity contribution in [3.05, 3.63) is 0 Å². The molecule has 0 saturated heterocycles. The zero-order chi connectivity index (χ0) is 10.8. The first-order valence-electron chi connectivity index (χ1n) is 5.14. The van der Waals surface area contributed by atoms with Crippen LogP contribution in [0.1, 0.15) is 39.0 Å². The summed E-state index contributed by atoms with van der Waals surface area (Å²) in [7, 11) is 1.43. The van der Waals surface area contributed by atoms with E-state index in [4.69, 9.17) is 11.8 Å². The van der Waals surface area contributed by atoms with Crippen molar-refractivity contribution in [2.75, 3.05) is 13.7 Å². The van der Waals surface area contributed by atoms with Crippen molar-refractivity contribution in [3.8, 4) is 0 Å². The van der Waals surface area contributed by atoms with Crippen molar-refractivity contribution in [2.24, 2.45) is 5.92 Å². The minimum atomic E-state index is -0.120. The summed E-state index contributed by atoms with van der Waals surface area (Å²) in [4.78, 5) is 13.5. The van der Waals surface area contributed by atoms with Crippen LogP contribution in [0.15, 0.2) is 0 Å². The second-order valence-electron chi connectivity index (χ2n) is 3.44. The summed E-state index contributed by atoms with van der Waals surface area (Å²) in [6, 6.07) is 0. The third-order valence-electron chi connectivity index (χ3n) is 2.33. The van der Waals surface area contributed by atoms with E-state index < -0.39 is 0 Å². The van der Waals surface area contributed by atoms with Crippen LogP contribution in [-0.2, 0) is 9.53 Å². The van der Waals surface area contributed by atoms with E-state index in [9.17, 15) is 4.79 Å². The molecule has 0 rings (SSSR count). The van der Waals surface area contributed by atoms with Crippen molar-refractivity contribution in [3.63, 3.8) is 0 Å². The van der Waals surface area contributed by atoms with Gasteiger partial charge in [0.05, 0.1) is 7.11 Å². The Labute approximate surface area is 91.3 Å². The molecule has 1 unspecified atom stereocenters. The van der Waals surface area contributed by atoms with E-state index in [1.807, 2.05) is 0 Å². The minimum Gasteiger partial charge on any atom is -0.469 e. The molecule has 1 N–H and O–H groups in total. The largest absolute Gasteiger partial charge is 0.469 e. The Kier molecular flexibility index (Phi) is 9.10. The Hall–Kier alpha value is -0.280. The molecule has 0 aliphatic heterocycles. The Balaban J connectivity index is 3.66. The van der Waals surface area contributed by atoms with Gasteiger partial charge in [-0.1, -0.05) is 19.8 Å². The second-order valence-corrected chi connectivity index (χ2v) is 3.71. The first-order chi connectivity index (χ1) is 6.74. The highest BCUT2D eigenvalue weighted by Crippen LogP contribution is 2.17. The number of nitrogens with one attached hydrogen (secondary N) is 1. The Morgan fingerprint density at radius 1 is 1.43 bits per heavy atom. The third-order valence-corrected chi connectivity index (χ3v) is 2.52. The highest BCUT2D eigenvalue weighted by molar-refractivity contribution is 6.13. The van der Waals surface area contributed by atoms with Crippen molar-refractivity contribution in [2.45, 2.75) is 39.0 Å². The average Bonchev–Trinajstić information content (AvgIpc) is 2.21. The highest BCUT2D eigenvalue weighted by atomic mass is 35.5. The molecular formula is C10H20ClNO2. The zero-order valence-electron chi connectivity index (χ0n) is 9.01. The second kappa shape index (κ2) is 9.28. The lowest BCUT2D eigenvalue weighted by atomic mass is 9.95. The van der Waals surface area contributed by atoms with Gasteiger partial charge in [0, 0.05) is 13.0 Å². The molecule has 14 heavy (non-hydrogen) atoms. The van der Waals surface area contributed by atoms with E-state index in [0.717, 1.165) is 32.2 Å². The van der Waals surface area contributed by atoms with Gasteiger partial charge in [-0.25, -0.2) is 4.84 Å². The van der Waals surface area contributed by atoms with E-state index in [2.05, 4.69) is 16.5 Å². The maximum absolute atomic E-state index is 10.9. The molecule has 0 spiro atoms. The predicted molar refractivity (Wildman–Crippen MR) is 58.1 cm³/mol. The number of carbonyl (C=O) groups excluding carboxylic acids is 1. The number of ether oxygens (including phenoxy) is 1. The molecule has 4 heteroatoms. The summed E-state index contributed by atoms with van der Waals surface area (Å²) >= 11 is 5.39. The van der Waals surface area contributed by atoms with Crippen LogP contribution in [0.3, 0.4) is 0 Å². The number of esters is 1. The number of rotatable bonds is 8. The molecule has 0 amide bonds. The van der Waals surface area contributed by atoms with Crippen molar-refractivity contribution < 1.29 is 9.53 Å². The van der Waals surface area contributed by atoms with Crippen LogP contribution in [0, 0.1) is 5.92 Å². The maximum Gasteiger partial charge on any atom is 0.305 e. The molecule has 0 aliphatic carbocycles. The maximum atomic E-state index is 10.9. The molecule has 0 aromatic rings. The summed E-state index contributed by atoms with van der Waals surface area (Å²) in [5, 5.41) is 0. The Morgan fingerprint density at radius 2 is 2.14 bits per heavy atom. The van der Waals surface area contributed by atoms with Crippen LogP contribution in [0.4, 0.5) is 0 Å². The fourth-order valence-corrected chi connectivity index (χ4v) is 1.63. The first-order valence-corrected chi connectivity index (χ1v) is 5.52. The predicted octanol–water partition coefficient (Wildman–Crippen LogP) is 2.49. The van der Waals surface area contributed by atoms with Gasteiger partial charge in [0.15, 0.2) is 0 Å². The average molecular weight is 222 g/mol. The van der Waals surface area contributed by atoms with Crippen molar-refractivity contribution in [1.82, 2.24) is 4.84 Å². The number of halogens is 1. The monoisotopic (exact) mass is 221 g/mol. The summed E-state index contributed by atoms with van der Waals surface area (Å²) in [6.07, 6.45) is 4.74. The van der Waals surface area contributed by atoms with Crippen molar-refractivity contribution in [1.29, 1.82) is 0 Å². The number of hydrogen-bond donors (Lipinski definition) is 1. The highest BCUT2D eigenvalue weighted by Gasteiger charge is 2.10. The van der Waals surface area contributed by atoms with Crippen LogP contribution in [-0.4, -0.2) is 19.6 Å². The van der Waals surface area contributed by atoms with Gasteiger partial charge < -0.3 is 4.74 Å². The topological polar surface area (TPSA) is 38.3 Å². The fourth-order valence-electron chi connectivity index (χ4n) is 1.52. The SMILES string of the molecule is CCCC(CCNCl)CCC(=O)OC. The normalized spacial score (nSPS) is 12.5. The quantitative estimate of drug-likeness (QED) is 0.506. The molecule has 0 saturated carbocycles. The van der Waals surface area contributed by atoms with Gasteiger partial charge in [0.2, 0.25) is 0 Å². The molecule has 0 bridgehead atoms. The minimum absolute atomic E-state index is 0.120. The summed E-state index contributed by atoms with van der Waals surface area (Å²) in [5.41, 5.74) is 0. The standard InChI is InChI=1S/C10H20ClNO2/c1-3-4-9(7-8-12-11)5-6-10(13)14-2/h9,12H,3-8H2,1-2H3. The summed E-state index contributed by atoms with van der Waals surface area (Å²) in [6.45, 7) is 2.95. The number of methoxy groups -OCH3 is 1. The summed E-state index contributed by atoms with van der Waals surface area (Å²) in [5.74, 6) is 0.454.